The third-order valence-electron chi connectivity index (χ3n) is 4.08. The van der Waals surface area contributed by atoms with Crippen molar-refractivity contribution in [1.29, 1.82) is 0 Å². The molecule has 2 N–H and O–H groups in total. The van der Waals surface area contributed by atoms with Crippen LogP contribution in [0.5, 0.6) is 0 Å². The highest BCUT2D eigenvalue weighted by atomic mass is 15.1. The lowest BCUT2D eigenvalue weighted by Gasteiger charge is -2.35. The van der Waals surface area contributed by atoms with E-state index in [9.17, 15) is 0 Å². The van der Waals surface area contributed by atoms with Gasteiger partial charge in [0.2, 0.25) is 0 Å². The van der Waals surface area contributed by atoms with Crippen molar-refractivity contribution >= 4 is 11.4 Å². The molecule has 1 aliphatic rings. The highest BCUT2D eigenvalue weighted by molar-refractivity contribution is 5.68. The monoisotopic (exact) mass is 266 g/mol. The summed E-state index contributed by atoms with van der Waals surface area (Å²) in [5.41, 5.74) is 11.2. The number of nitrogens with zero attached hydrogens (tertiary/aromatic N) is 1. The van der Waals surface area contributed by atoms with Gasteiger partial charge in [-0.1, -0.05) is 37.3 Å². The van der Waals surface area contributed by atoms with Gasteiger partial charge in [0.25, 0.3) is 0 Å². The van der Waals surface area contributed by atoms with E-state index in [0.29, 0.717) is 5.92 Å². The van der Waals surface area contributed by atoms with Gasteiger partial charge in [0.15, 0.2) is 0 Å². The maximum atomic E-state index is 5.93. The number of fused-ring (bicyclic) bond motifs is 1. The average molecular weight is 266 g/mol. The zero-order valence-corrected chi connectivity index (χ0v) is 12.2. The van der Waals surface area contributed by atoms with Crippen LogP contribution in [0.15, 0.2) is 48.5 Å². The van der Waals surface area contributed by atoms with Crippen LogP contribution in [-0.2, 0) is 6.42 Å². The van der Waals surface area contributed by atoms with Crippen molar-refractivity contribution in [2.45, 2.75) is 26.3 Å². The Labute approximate surface area is 121 Å². The van der Waals surface area contributed by atoms with Crippen LogP contribution in [0, 0.1) is 5.92 Å². The van der Waals surface area contributed by atoms with E-state index in [1.807, 2.05) is 6.92 Å². The second-order valence-corrected chi connectivity index (χ2v) is 5.93. The second kappa shape index (κ2) is 5.29. The first kappa shape index (κ1) is 13.2. The van der Waals surface area contributed by atoms with E-state index in [1.165, 1.54) is 28.9 Å². The molecule has 104 valence electrons. The summed E-state index contributed by atoms with van der Waals surface area (Å²) in [5.74, 6) is 0.679. The van der Waals surface area contributed by atoms with Crippen molar-refractivity contribution in [3.8, 4) is 0 Å². The van der Waals surface area contributed by atoms with Crippen LogP contribution >= 0.6 is 0 Å². The molecule has 2 heteroatoms. The van der Waals surface area contributed by atoms with Crippen molar-refractivity contribution in [1.82, 2.24) is 0 Å². The molecule has 0 spiro atoms. The molecule has 1 aliphatic heterocycles. The maximum Gasteiger partial charge on any atom is 0.0443 e. The number of rotatable bonds is 2. The van der Waals surface area contributed by atoms with Crippen molar-refractivity contribution < 1.29 is 0 Å². The summed E-state index contributed by atoms with van der Waals surface area (Å²) in [7, 11) is 0. The quantitative estimate of drug-likeness (QED) is 0.889. The first-order chi connectivity index (χ1) is 9.65. The average Bonchev–Trinajstić information content (AvgIpc) is 2.46. The highest BCUT2D eigenvalue weighted by Crippen LogP contribution is 2.35. The van der Waals surface area contributed by atoms with E-state index in [4.69, 9.17) is 5.73 Å². The van der Waals surface area contributed by atoms with Crippen LogP contribution in [0.25, 0.3) is 0 Å². The summed E-state index contributed by atoms with van der Waals surface area (Å²) < 4.78 is 0. The van der Waals surface area contributed by atoms with E-state index >= 15 is 0 Å². The van der Waals surface area contributed by atoms with Gasteiger partial charge in [-0.2, -0.15) is 0 Å². The first-order valence-electron chi connectivity index (χ1n) is 7.36. The molecule has 2 atom stereocenters. The molecule has 0 radical (unpaired) electrons. The lowest BCUT2D eigenvalue weighted by atomic mass is 9.93. The van der Waals surface area contributed by atoms with Gasteiger partial charge >= 0.3 is 0 Å². The molecule has 0 bridgehead atoms. The Hall–Kier alpha value is -1.80. The Morgan fingerprint density at radius 2 is 1.80 bits per heavy atom. The SMILES string of the molecule is CC1Cc2ccccc2N(c2ccc([C@H](C)N)cc2)C1. The van der Waals surface area contributed by atoms with Crippen LogP contribution < -0.4 is 10.6 Å². The topological polar surface area (TPSA) is 29.3 Å². The van der Waals surface area contributed by atoms with E-state index < -0.39 is 0 Å². The predicted molar refractivity (Wildman–Crippen MR) is 85.4 cm³/mol. The lowest BCUT2D eigenvalue weighted by molar-refractivity contribution is 0.562. The van der Waals surface area contributed by atoms with E-state index in [1.54, 1.807) is 0 Å². The Balaban J connectivity index is 1.97. The molecule has 0 saturated carbocycles. The summed E-state index contributed by atoms with van der Waals surface area (Å²) in [6, 6.07) is 17.5. The lowest BCUT2D eigenvalue weighted by Crippen LogP contribution is -2.30. The molecule has 3 rings (SSSR count). The molecule has 0 amide bonds. The zero-order valence-electron chi connectivity index (χ0n) is 12.2. The summed E-state index contributed by atoms with van der Waals surface area (Å²) >= 11 is 0. The van der Waals surface area contributed by atoms with Crippen LogP contribution in [0.3, 0.4) is 0 Å². The number of anilines is 2. The molecule has 0 fully saturated rings. The van der Waals surface area contributed by atoms with Gasteiger partial charge in [0.05, 0.1) is 0 Å². The van der Waals surface area contributed by atoms with Gasteiger partial charge in [-0.05, 0) is 48.6 Å². The molecule has 2 nitrogen and oxygen atoms in total. The molecular weight excluding hydrogens is 244 g/mol. The highest BCUT2D eigenvalue weighted by Gasteiger charge is 2.22. The van der Waals surface area contributed by atoms with Gasteiger partial charge < -0.3 is 10.6 Å². The molecule has 0 aromatic heterocycles. The fourth-order valence-corrected chi connectivity index (χ4v) is 3.00. The summed E-state index contributed by atoms with van der Waals surface area (Å²) in [6.45, 7) is 5.42. The van der Waals surface area contributed by atoms with Gasteiger partial charge in [-0.25, -0.2) is 0 Å². The third-order valence-corrected chi connectivity index (χ3v) is 4.08. The molecule has 2 aromatic rings. The van der Waals surface area contributed by atoms with E-state index in [-0.39, 0.29) is 6.04 Å². The Kier molecular flexibility index (Phi) is 3.49. The maximum absolute atomic E-state index is 5.93. The van der Waals surface area contributed by atoms with Crippen LogP contribution in [0.4, 0.5) is 11.4 Å². The summed E-state index contributed by atoms with van der Waals surface area (Å²) in [6.07, 6.45) is 1.17. The number of benzene rings is 2. The normalized spacial score (nSPS) is 19.6. The molecular formula is C18H22N2. The van der Waals surface area contributed by atoms with Crippen molar-refractivity contribution in [3.05, 3.63) is 59.7 Å². The number of nitrogens with two attached hydrogens (primary N) is 1. The Morgan fingerprint density at radius 3 is 2.50 bits per heavy atom. The standard InChI is InChI=1S/C18H22N2/c1-13-11-16-5-3-4-6-18(16)20(12-13)17-9-7-15(8-10-17)14(2)19/h3-10,13-14H,11-12,19H2,1-2H3/t13?,14-/m0/s1. The van der Waals surface area contributed by atoms with E-state index in [2.05, 4.69) is 60.4 Å². The predicted octanol–water partition coefficient (Wildman–Crippen LogP) is 4.04. The van der Waals surface area contributed by atoms with Crippen LogP contribution in [0.1, 0.15) is 31.0 Å². The summed E-state index contributed by atoms with van der Waals surface area (Å²) in [4.78, 5) is 2.43. The Bertz CT molecular complexity index is 587. The Morgan fingerprint density at radius 1 is 1.10 bits per heavy atom. The van der Waals surface area contributed by atoms with Gasteiger partial charge in [0, 0.05) is 24.0 Å². The zero-order chi connectivity index (χ0) is 14.1. The van der Waals surface area contributed by atoms with Crippen LogP contribution in [0.2, 0.25) is 0 Å². The van der Waals surface area contributed by atoms with Gasteiger partial charge in [0.1, 0.15) is 0 Å². The second-order valence-electron chi connectivity index (χ2n) is 5.93. The van der Waals surface area contributed by atoms with Crippen molar-refractivity contribution in [3.63, 3.8) is 0 Å². The van der Waals surface area contributed by atoms with Crippen molar-refractivity contribution in [2.24, 2.45) is 11.7 Å². The fraction of sp³-hybridized carbons (Fsp3) is 0.333. The smallest absolute Gasteiger partial charge is 0.0443 e. The van der Waals surface area contributed by atoms with E-state index in [0.717, 1.165) is 6.54 Å². The minimum absolute atomic E-state index is 0.0941. The third kappa shape index (κ3) is 2.44. The first-order valence-corrected chi connectivity index (χ1v) is 7.36. The molecule has 1 unspecified atom stereocenters. The molecule has 0 aliphatic carbocycles. The summed E-state index contributed by atoms with van der Waals surface area (Å²) in [5, 5.41) is 0. The van der Waals surface area contributed by atoms with Crippen molar-refractivity contribution in [2.75, 3.05) is 11.4 Å². The number of para-hydroxylation sites is 1. The van der Waals surface area contributed by atoms with Gasteiger partial charge in [-0.3, -0.25) is 0 Å². The molecule has 0 saturated heterocycles. The number of hydrogen-bond acceptors (Lipinski definition) is 2. The molecule has 2 aromatic carbocycles. The van der Waals surface area contributed by atoms with Crippen LogP contribution in [-0.4, -0.2) is 6.54 Å². The number of hydrogen-bond donors (Lipinski definition) is 1. The minimum Gasteiger partial charge on any atom is -0.341 e. The molecule has 1 heterocycles. The molecule has 20 heavy (non-hydrogen) atoms. The van der Waals surface area contributed by atoms with Gasteiger partial charge in [-0.15, -0.1) is 0 Å². The largest absolute Gasteiger partial charge is 0.341 e. The fourth-order valence-electron chi connectivity index (χ4n) is 3.00. The minimum atomic E-state index is 0.0941.